The summed E-state index contributed by atoms with van der Waals surface area (Å²) in [7, 11) is 0. The summed E-state index contributed by atoms with van der Waals surface area (Å²) in [5, 5.41) is 8.33. The Morgan fingerprint density at radius 1 is 0.886 bits per heavy atom. The highest BCUT2D eigenvalue weighted by atomic mass is 35.5. The summed E-state index contributed by atoms with van der Waals surface area (Å²) < 4.78 is 7.38. The summed E-state index contributed by atoms with van der Waals surface area (Å²) in [5.41, 5.74) is 3.98. The molecule has 172 valence electrons. The number of carbonyl (C=O) groups excluding carboxylic acids is 1. The Labute approximate surface area is 207 Å². The van der Waals surface area contributed by atoms with E-state index in [0.717, 1.165) is 22.5 Å². The summed E-state index contributed by atoms with van der Waals surface area (Å²) in [5.74, 6) is 0.413. The van der Waals surface area contributed by atoms with Gasteiger partial charge in [-0.05, 0) is 54.6 Å². The number of nitrogens with zero attached hydrogens (tertiary/aromatic N) is 4. The first-order chi connectivity index (χ1) is 17.1. The van der Waals surface area contributed by atoms with Crippen molar-refractivity contribution < 1.29 is 9.53 Å². The van der Waals surface area contributed by atoms with Gasteiger partial charge >= 0.3 is 6.01 Å². The molecule has 0 spiro atoms. The number of nitrogens with one attached hydrogen (secondary N) is 1. The van der Waals surface area contributed by atoms with Crippen LogP contribution in [0.4, 0.5) is 5.69 Å². The van der Waals surface area contributed by atoms with Crippen LogP contribution in [0.15, 0.2) is 104 Å². The molecule has 5 rings (SSSR count). The molecule has 3 aromatic carbocycles. The second-order valence-corrected chi connectivity index (χ2v) is 8.11. The minimum absolute atomic E-state index is 0.154. The van der Waals surface area contributed by atoms with E-state index in [0.29, 0.717) is 16.5 Å². The molecule has 0 aliphatic rings. The zero-order chi connectivity index (χ0) is 24.0. The highest BCUT2D eigenvalue weighted by Crippen LogP contribution is 2.26. The van der Waals surface area contributed by atoms with E-state index in [2.05, 4.69) is 15.3 Å². The zero-order valence-corrected chi connectivity index (χ0v) is 19.3. The molecule has 35 heavy (non-hydrogen) atoms. The van der Waals surface area contributed by atoms with Crippen LogP contribution in [0, 0.1) is 0 Å². The molecule has 7 nitrogen and oxygen atoms in total. The van der Waals surface area contributed by atoms with Crippen molar-refractivity contribution in [2.24, 2.45) is 0 Å². The van der Waals surface area contributed by atoms with E-state index >= 15 is 0 Å². The van der Waals surface area contributed by atoms with Gasteiger partial charge in [-0.2, -0.15) is 5.10 Å². The SMILES string of the molecule is O=C(Cc1cn(-c2ccccc2)nc1-c1ccc(Cl)cc1)Nc1ccc(Oc2ncccn2)cc1. The first kappa shape index (κ1) is 22.3. The second kappa shape index (κ2) is 10.2. The Morgan fingerprint density at radius 3 is 2.31 bits per heavy atom. The number of benzene rings is 3. The van der Waals surface area contributed by atoms with Gasteiger partial charge in [0.15, 0.2) is 0 Å². The number of para-hydroxylation sites is 1. The van der Waals surface area contributed by atoms with Crippen LogP contribution >= 0.6 is 11.6 Å². The predicted molar refractivity (Wildman–Crippen MR) is 135 cm³/mol. The van der Waals surface area contributed by atoms with Gasteiger partial charge in [0.2, 0.25) is 5.91 Å². The lowest BCUT2D eigenvalue weighted by molar-refractivity contribution is -0.115. The fourth-order valence-corrected chi connectivity index (χ4v) is 3.66. The highest BCUT2D eigenvalue weighted by Gasteiger charge is 2.16. The van der Waals surface area contributed by atoms with Crippen molar-refractivity contribution in [1.82, 2.24) is 19.7 Å². The Bertz CT molecular complexity index is 1420. The number of carbonyl (C=O) groups is 1. The molecule has 0 saturated heterocycles. The maximum Gasteiger partial charge on any atom is 0.321 e. The van der Waals surface area contributed by atoms with Gasteiger partial charge in [0.1, 0.15) is 5.75 Å². The standard InChI is InChI=1S/C27H20ClN5O2/c28-21-9-7-19(8-10-21)26-20(18-33(32-26)23-5-2-1-3-6-23)17-25(34)31-22-11-13-24(14-12-22)35-27-29-15-4-16-30-27/h1-16,18H,17H2,(H,31,34). The molecular weight excluding hydrogens is 462 g/mol. The van der Waals surface area contributed by atoms with Crippen LogP contribution in [0.1, 0.15) is 5.56 Å². The molecule has 0 radical (unpaired) electrons. The molecule has 8 heteroatoms. The van der Waals surface area contributed by atoms with E-state index in [1.54, 1.807) is 47.4 Å². The average molecular weight is 482 g/mol. The van der Waals surface area contributed by atoms with Crippen molar-refractivity contribution >= 4 is 23.2 Å². The summed E-state index contributed by atoms with van der Waals surface area (Å²) in [6.07, 6.45) is 5.25. The van der Waals surface area contributed by atoms with Crippen LogP contribution in [0.3, 0.4) is 0 Å². The number of ether oxygens (including phenoxy) is 1. The monoisotopic (exact) mass is 481 g/mol. The van der Waals surface area contributed by atoms with E-state index in [-0.39, 0.29) is 18.3 Å². The molecule has 1 N–H and O–H groups in total. The third kappa shape index (κ3) is 5.54. The van der Waals surface area contributed by atoms with E-state index in [9.17, 15) is 4.79 Å². The number of hydrogen-bond acceptors (Lipinski definition) is 5. The first-order valence-electron chi connectivity index (χ1n) is 10.9. The van der Waals surface area contributed by atoms with Gasteiger partial charge in [-0.1, -0.05) is 41.9 Å². The summed E-state index contributed by atoms with van der Waals surface area (Å²) >= 11 is 6.07. The molecule has 0 aliphatic heterocycles. The molecule has 0 bridgehead atoms. The van der Waals surface area contributed by atoms with Crippen molar-refractivity contribution in [2.45, 2.75) is 6.42 Å². The number of amides is 1. The number of hydrogen-bond donors (Lipinski definition) is 1. The van der Waals surface area contributed by atoms with E-state index in [1.165, 1.54) is 0 Å². The van der Waals surface area contributed by atoms with Gasteiger partial charge in [-0.3, -0.25) is 4.79 Å². The molecule has 2 aromatic heterocycles. The third-order valence-corrected chi connectivity index (χ3v) is 5.42. The lowest BCUT2D eigenvalue weighted by Crippen LogP contribution is -2.14. The Morgan fingerprint density at radius 2 is 1.60 bits per heavy atom. The van der Waals surface area contributed by atoms with Crippen LogP contribution in [-0.4, -0.2) is 25.7 Å². The molecule has 1 amide bonds. The smallest absolute Gasteiger partial charge is 0.321 e. The van der Waals surface area contributed by atoms with Crippen LogP contribution in [0.2, 0.25) is 5.02 Å². The van der Waals surface area contributed by atoms with Gasteiger partial charge in [0.25, 0.3) is 0 Å². The molecule has 2 heterocycles. The topological polar surface area (TPSA) is 81.9 Å². The number of rotatable bonds is 7. The molecule has 0 unspecified atom stereocenters. The Kier molecular flexibility index (Phi) is 6.50. The van der Waals surface area contributed by atoms with Crippen LogP contribution in [-0.2, 0) is 11.2 Å². The van der Waals surface area contributed by atoms with Gasteiger partial charge in [0.05, 0.1) is 17.8 Å². The third-order valence-electron chi connectivity index (χ3n) is 5.17. The van der Waals surface area contributed by atoms with Gasteiger partial charge in [-0.25, -0.2) is 14.6 Å². The van der Waals surface area contributed by atoms with Crippen molar-refractivity contribution in [3.8, 4) is 28.7 Å². The summed E-state index contributed by atoms with van der Waals surface area (Å²) in [6, 6.07) is 26.2. The van der Waals surface area contributed by atoms with Crippen LogP contribution < -0.4 is 10.1 Å². The van der Waals surface area contributed by atoms with E-state index in [4.69, 9.17) is 21.4 Å². The van der Waals surface area contributed by atoms with E-state index in [1.807, 2.05) is 60.8 Å². The van der Waals surface area contributed by atoms with Crippen LogP contribution in [0.25, 0.3) is 16.9 Å². The number of halogens is 1. The van der Waals surface area contributed by atoms with Crippen molar-refractivity contribution in [1.29, 1.82) is 0 Å². The molecule has 5 aromatic rings. The number of anilines is 1. The van der Waals surface area contributed by atoms with Crippen molar-refractivity contribution in [3.63, 3.8) is 0 Å². The summed E-state index contributed by atoms with van der Waals surface area (Å²) in [4.78, 5) is 21.0. The molecule has 0 atom stereocenters. The van der Waals surface area contributed by atoms with Crippen molar-refractivity contribution in [3.05, 3.63) is 114 Å². The Hall–Kier alpha value is -4.49. The van der Waals surface area contributed by atoms with Gasteiger partial charge in [-0.15, -0.1) is 0 Å². The number of aromatic nitrogens is 4. The Balaban J connectivity index is 1.33. The molecule has 0 saturated carbocycles. The minimum Gasteiger partial charge on any atom is -0.424 e. The highest BCUT2D eigenvalue weighted by molar-refractivity contribution is 6.30. The molecule has 0 fully saturated rings. The zero-order valence-electron chi connectivity index (χ0n) is 18.5. The van der Waals surface area contributed by atoms with Gasteiger partial charge < -0.3 is 10.1 Å². The average Bonchev–Trinajstić information content (AvgIpc) is 3.30. The quantitative estimate of drug-likeness (QED) is 0.310. The first-order valence-corrected chi connectivity index (χ1v) is 11.3. The van der Waals surface area contributed by atoms with Crippen LogP contribution in [0.5, 0.6) is 11.8 Å². The minimum atomic E-state index is -0.159. The van der Waals surface area contributed by atoms with E-state index < -0.39 is 0 Å². The normalized spacial score (nSPS) is 10.7. The maximum atomic E-state index is 12.9. The maximum absolute atomic E-state index is 12.9. The molecular formula is C27H20ClN5O2. The van der Waals surface area contributed by atoms with Gasteiger partial charge in [0, 0.05) is 40.4 Å². The second-order valence-electron chi connectivity index (χ2n) is 7.67. The lowest BCUT2D eigenvalue weighted by Gasteiger charge is -2.07. The fraction of sp³-hybridized carbons (Fsp3) is 0.0370. The predicted octanol–water partition coefficient (Wildman–Crippen LogP) is 5.96. The molecule has 0 aliphatic carbocycles. The van der Waals surface area contributed by atoms with Crippen molar-refractivity contribution in [2.75, 3.05) is 5.32 Å². The lowest BCUT2D eigenvalue weighted by atomic mass is 10.1. The fourth-order valence-electron chi connectivity index (χ4n) is 3.53. The summed E-state index contributed by atoms with van der Waals surface area (Å²) in [6.45, 7) is 0. The largest absolute Gasteiger partial charge is 0.424 e.